The van der Waals surface area contributed by atoms with Crippen molar-refractivity contribution < 1.29 is 14.3 Å². The minimum absolute atomic E-state index is 0.202. The van der Waals surface area contributed by atoms with Gasteiger partial charge in [-0.25, -0.2) is 4.98 Å². The smallest absolute Gasteiger partial charge is 0.244 e. The van der Waals surface area contributed by atoms with E-state index in [4.69, 9.17) is 9.47 Å². The average molecular weight is 381 g/mol. The fourth-order valence-electron chi connectivity index (χ4n) is 2.37. The van der Waals surface area contributed by atoms with Gasteiger partial charge in [-0.05, 0) is 30.3 Å². The Hall–Kier alpha value is -3.19. The van der Waals surface area contributed by atoms with Crippen molar-refractivity contribution in [3.63, 3.8) is 0 Å². The third-order valence-electron chi connectivity index (χ3n) is 3.78. The Bertz CT molecular complexity index is 939. The predicted octanol–water partition coefficient (Wildman–Crippen LogP) is 3.55. The lowest BCUT2D eigenvalue weighted by Gasteiger charge is -2.07. The zero-order valence-electron chi connectivity index (χ0n) is 15.0. The SMILES string of the molecule is COc1ccc(/C=C/C(=O)NCc2csc(-c3ccncc3)n2)c(OC)c1. The molecule has 0 unspecified atom stereocenters. The first-order chi connectivity index (χ1) is 13.2. The van der Waals surface area contributed by atoms with Gasteiger partial charge in [0.15, 0.2) is 0 Å². The molecule has 2 heterocycles. The van der Waals surface area contributed by atoms with E-state index in [1.807, 2.05) is 29.6 Å². The van der Waals surface area contributed by atoms with E-state index in [-0.39, 0.29) is 5.91 Å². The number of pyridine rings is 1. The van der Waals surface area contributed by atoms with Crippen LogP contribution in [0.4, 0.5) is 0 Å². The highest BCUT2D eigenvalue weighted by atomic mass is 32.1. The van der Waals surface area contributed by atoms with E-state index in [9.17, 15) is 4.79 Å². The van der Waals surface area contributed by atoms with Gasteiger partial charge in [0.1, 0.15) is 16.5 Å². The van der Waals surface area contributed by atoms with Crippen LogP contribution in [0.1, 0.15) is 11.3 Å². The minimum atomic E-state index is -0.202. The summed E-state index contributed by atoms with van der Waals surface area (Å²) in [5.41, 5.74) is 2.62. The monoisotopic (exact) mass is 381 g/mol. The summed E-state index contributed by atoms with van der Waals surface area (Å²) in [5.74, 6) is 1.13. The topological polar surface area (TPSA) is 73.3 Å². The molecule has 0 fully saturated rings. The lowest BCUT2D eigenvalue weighted by atomic mass is 10.1. The van der Waals surface area contributed by atoms with E-state index in [0.717, 1.165) is 21.8 Å². The summed E-state index contributed by atoms with van der Waals surface area (Å²) in [6.07, 6.45) is 6.64. The largest absolute Gasteiger partial charge is 0.497 e. The molecule has 1 N–H and O–H groups in total. The molecule has 6 nitrogen and oxygen atoms in total. The third kappa shape index (κ3) is 4.92. The summed E-state index contributed by atoms with van der Waals surface area (Å²) in [4.78, 5) is 20.6. The van der Waals surface area contributed by atoms with Crippen LogP contribution >= 0.6 is 11.3 Å². The Morgan fingerprint density at radius 3 is 2.74 bits per heavy atom. The van der Waals surface area contributed by atoms with Gasteiger partial charge in [-0.2, -0.15) is 0 Å². The Labute approximate surface area is 161 Å². The number of hydrogen-bond donors (Lipinski definition) is 1. The van der Waals surface area contributed by atoms with Gasteiger partial charge < -0.3 is 14.8 Å². The first-order valence-corrected chi connectivity index (χ1v) is 9.10. The van der Waals surface area contributed by atoms with E-state index in [2.05, 4.69) is 15.3 Å². The van der Waals surface area contributed by atoms with Gasteiger partial charge >= 0.3 is 0 Å². The number of carbonyl (C=O) groups is 1. The molecule has 0 atom stereocenters. The molecule has 0 radical (unpaired) electrons. The summed E-state index contributed by atoms with van der Waals surface area (Å²) < 4.78 is 10.5. The normalized spacial score (nSPS) is 10.7. The zero-order chi connectivity index (χ0) is 19.1. The van der Waals surface area contributed by atoms with Crippen molar-refractivity contribution in [1.29, 1.82) is 0 Å². The number of thiazole rings is 1. The maximum absolute atomic E-state index is 12.1. The van der Waals surface area contributed by atoms with Gasteiger partial charge in [-0.3, -0.25) is 9.78 Å². The number of ether oxygens (including phenoxy) is 2. The minimum Gasteiger partial charge on any atom is -0.497 e. The Morgan fingerprint density at radius 2 is 2.00 bits per heavy atom. The molecule has 0 saturated carbocycles. The summed E-state index contributed by atoms with van der Waals surface area (Å²) in [7, 11) is 3.17. The first kappa shape index (κ1) is 18.6. The second kappa shape index (κ2) is 8.95. The van der Waals surface area contributed by atoms with Crippen molar-refractivity contribution >= 4 is 23.3 Å². The van der Waals surface area contributed by atoms with Gasteiger partial charge in [0.25, 0.3) is 0 Å². The van der Waals surface area contributed by atoms with Crippen molar-refractivity contribution in [2.75, 3.05) is 14.2 Å². The molecule has 0 aliphatic carbocycles. The number of nitrogens with one attached hydrogen (secondary N) is 1. The van der Waals surface area contributed by atoms with Gasteiger partial charge in [-0.1, -0.05) is 0 Å². The van der Waals surface area contributed by atoms with Gasteiger partial charge in [0.05, 0.1) is 26.5 Å². The summed E-state index contributed by atoms with van der Waals surface area (Å²) >= 11 is 1.54. The summed E-state index contributed by atoms with van der Waals surface area (Å²) in [6.45, 7) is 0.366. The zero-order valence-corrected chi connectivity index (χ0v) is 15.8. The molecule has 3 rings (SSSR count). The highest BCUT2D eigenvalue weighted by Gasteiger charge is 2.06. The third-order valence-corrected chi connectivity index (χ3v) is 4.72. The molecule has 27 heavy (non-hydrogen) atoms. The second-order valence-electron chi connectivity index (χ2n) is 5.54. The predicted molar refractivity (Wildman–Crippen MR) is 106 cm³/mol. The highest BCUT2D eigenvalue weighted by Crippen LogP contribution is 2.25. The summed E-state index contributed by atoms with van der Waals surface area (Å²) in [6, 6.07) is 9.24. The molecule has 0 saturated heterocycles. The van der Waals surface area contributed by atoms with Crippen molar-refractivity contribution in [1.82, 2.24) is 15.3 Å². The Kier molecular flexibility index (Phi) is 6.17. The standard InChI is InChI=1S/C20H19N3O3S/c1-25-17-5-3-14(18(11-17)26-2)4-6-19(24)22-12-16-13-27-20(23-16)15-7-9-21-10-8-15/h3-11,13H,12H2,1-2H3,(H,22,24)/b6-4+. The Balaban J connectivity index is 1.59. The lowest BCUT2D eigenvalue weighted by Crippen LogP contribution is -2.20. The maximum Gasteiger partial charge on any atom is 0.244 e. The van der Waals surface area contributed by atoms with Crippen molar-refractivity contribution in [2.24, 2.45) is 0 Å². The average Bonchev–Trinajstić information content (AvgIpc) is 3.20. The lowest BCUT2D eigenvalue weighted by molar-refractivity contribution is -0.116. The number of methoxy groups -OCH3 is 2. The fraction of sp³-hybridized carbons (Fsp3) is 0.150. The number of benzene rings is 1. The number of aromatic nitrogens is 2. The van der Waals surface area contributed by atoms with Crippen LogP contribution in [0.25, 0.3) is 16.6 Å². The molecule has 0 bridgehead atoms. The van der Waals surface area contributed by atoms with Crippen LogP contribution in [-0.2, 0) is 11.3 Å². The van der Waals surface area contributed by atoms with Crippen molar-refractivity contribution in [2.45, 2.75) is 6.54 Å². The van der Waals surface area contributed by atoms with Crippen LogP contribution in [0, 0.1) is 0 Å². The van der Waals surface area contributed by atoms with E-state index < -0.39 is 0 Å². The van der Waals surface area contributed by atoms with Crippen LogP contribution in [0.2, 0.25) is 0 Å². The van der Waals surface area contributed by atoms with E-state index in [0.29, 0.717) is 18.0 Å². The Morgan fingerprint density at radius 1 is 1.19 bits per heavy atom. The molecule has 3 aromatic rings. The molecule has 2 aromatic heterocycles. The summed E-state index contributed by atoms with van der Waals surface area (Å²) in [5, 5.41) is 5.67. The molecule has 1 aromatic carbocycles. The second-order valence-corrected chi connectivity index (χ2v) is 6.40. The van der Waals surface area contributed by atoms with Gasteiger partial charge in [0, 0.05) is 41.0 Å². The van der Waals surface area contributed by atoms with Crippen LogP contribution in [0.5, 0.6) is 11.5 Å². The highest BCUT2D eigenvalue weighted by molar-refractivity contribution is 7.13. The molecule has 0 aliphatic heterocycles. The molecular formula is C20H19N3O3S. The van der Waals surface area contributed by atoms with Gasteiger partial charge in [0.2, 0.25) is 5.91 Å². The van der Waals surface area contributed by atoms with Crippen LogP contribution < -0.4 is 14.8 Å². The van der Waals surface area contributed by atoms with Gasteiger partial charge in [-0.15, -0.1) is 11.3 Å². The molecular weight excluding hydrogens is 362 g/mol. The first-order valence-electron chi connectivity index (χ1n) is 8.22. The van der Waals surface area contributed by atoms with Crippen LogP contribution in [-0.4, -0.2) is 30.1 Å². The van der Waals surface area contributed by atoms with Crippen molar-refractivity contribution in [3.05, 3.63) is 65.4 Å². The molecule has 0 aliphatic rings. The number of nitrogens with zero attached hydrogens (tertiary/aromatic N) is 2. The van der Waals surface area contributed by atoms with E-state index in [1.54, 1.807) is 38.8 Å². The number of rotatable bonds is 7. The van der Waals surface area contributed by atoms with E-state index >= 15 is 0 Å². The van der Waals surface area contributed by atoms with E-state index in [1.165, 1.54) is 17.4 Å². The maximum atomic E-state index is 12.1. The van der Waals surface area contributed by atoms with Crippen molar-refractivity contribution in [3.8, 4) is 22.1 Å². The number of hydrogen-bond acceptors (Lipinski definition) is 6. The molecule has 138 valence electrons. The molecule has 7 heteroatoms. The quantitative estimate of drug-likeness (QED) is 0.634. The molecule has 1 amide bonds. The van der Waals surface area contributed by atoms with Crippen LogP contribution in [0.15, 0.2) is 54.2 Å². The van der Waals surface area contributed by atoms with Crippen LogP contribution in [0.3, 0.4) is 0 Å². The number of carbonyl (C=O) groups excluding carboxylic acids is 1. The fourth-order valence-corrected chi connectivity index (χ4v) is 3.20. The number of amides is 1. The molecule has 0 spiro atoms.